The van der Waals surface area contributed by atoms with Crippen LogP contribution in [0.5, 0.6) is 0 Å². The highest BCUT2D eigenvalue weighted by molar-refractivity contribution is 5.96. The maximum atomic E-state index is 13.0. The van der Waals surface area contributed by atoms with E-state index in [1.54, 1.807) is 17.0 Å². The van der Waals surface area contributed by atoms with Crippen LogP contribution >= 0.6 is 0 Å². The van der Waals surface area contributed by atoms with Gasteiger partial charge in [0.2, 0.25) is 0 Å². The van der Waals surface area contributed by atoms with Crippen molar-refractivity contribution in [2.45, 2.75) is 25.4 Å². The molecule has 1 fully saturated rings. The molecule has 2 N–H and O–H groups in total. The van der Waals surface area contributed by atoms with Gasteiger partial charge in [0, 0.05) is 24.2 Å². The smallest absolute Gasteiger partial charge is 0.292 e. The van der Waals surface area contributed by atoms with Crippen molar-refractivity contribution in [2.75, 3.05) is 5.73 Å². The summed E-state index contributed by atoms with van der Waals surface area (Å²) < 4.78 is 13.0. The van der Waals surface area contributed by atoms with Crippen molar-refractivity contribution >= 4 is 17.3 Å². The Labute approximate surface area is 137 Å². The van der Waals surface area contributed by atoms with E-state index in [0.717, 1.165) is 18.4 Å². The molecule has 124 valence electrons. The van der Waals surface area contributed by atoms with Crippen LogP contribution in [0.2, 0.25) is 0 Å². The minimum Gasteiger partial charge on any atom is -0.393 e. The molecule has 0 heterocycles. The highest BCUT2D eigenvalue weighted by Crippen LogP contribution is 2.31. The highest BCUT2D eigenvalue weighted by atomic mass is 19.1. The van der Waals surface area contributed by atoms with Gasteiger partial charge in [-0.2, -0.15) is 0 Å². The lowest BCUT2D eigenvalue weighted by molar-refractivity contribution is -0.383. The second kappa shape index (κ2) is 6.27. The molecule has 7 heteroatoms. The Balaban J connectivity index is 1.86. The van der Waals surface area contributed by atoms with Gasteiger partial charge in [-0.25, -0.2) is 4.39 Å². The van der Waals surface area contributed by atoms with E-state index >= 15 is 0 Å². The van der Waals surface area contributed by atoms with Crippen LogP contribution in [0.4, 0.5) is 15.8 Å². The molecule has 0 saturated heterocycles. The summed E-state index contributed by atoms with van der Waals surface area (Å²) in [6.45, 7) is 0.335. The average Bonchev–Trinajstić information content (AvgIpc) is 3.38. The third-order valence-electron chi connectivity index (χ3n) is 3.99. The Kier molecular flexibility index (Phi) is 4.16. The van der Waals surface area contributed by atoms with Gasteiger partial charge in [-0.15, -0.1) is 0 Å². The molecule has 3 rings (SSSR count). The van der Waals surface area contributed by atoms with Crippen LogP contribution in [0, 0.1) is 15.9 Å². The largest absolute Gasteiger partial charge is 0.393 e. The van der Waals surface area contributed by atoms with E-state index in [2.05, 4.69) is 0 Å². The molecule has 0 radical (unpaired) electrons. The summed E-state index contributed by atoms with van der Waals surface area (Å²) in [5.41, 5.74) is 6.35. The van der Waals surface area contributed by atoms with Crippen LogP contribution in [0.15, 0.2) is 42.5 Å². The second-order valence-electron chi connectivity index (χ2n) is 5.82. The predicted molar refractivity (Wildman–Crippen MR) is 86.8 cm³/mol. The van der Waals surface area contributed by atoms with Gasteiger partial charge in [-0.1, -0.05) is 12.1 Å². The number of halogens is 1. The fraction of sp³-hybridized carbons (Fsp3) is 0.235. The molecule has 2 aromatic carbocycles. The number of carbonyl (C=O) groups excluding carboxylic acids is 1. The van der Waals surface area contributed by atoms with E-state index in [1.807, 2.05) is 0 Å². The first kappa shape index (κ1) is 15.9. The molecule has 0 aliphatic heterocycles. The summed E-state index contributed by atoms with van der Waals surface area (Å²) in [5.74, 6) is -0.623. The molecule has 1 aliphatic carbocycles. The first-order chi connectivity index (χ1) is 11.5. The molecule has 0 spiro atoms. The summed E-state index contributed by atoms with van der Waals surface area (Å²) in [5, 5.41) is 11.0. The Morgan fingerprint density at radius 2 is 1.92 bits per heavy atom. The number of nitrogen functional groups attached to an aromatic ring is 1. The molecular formula is C17H16FN3O3. The lowest BCUT2D eigenvalue weighted by atomic mass is 10.1. The number of carbonyl (C=O) groups is 1. The summed E-state index contributed by atoms with van der Waals surface area (Å²) in [4.78, 5) is 24.8. The zero-order chi connectivity index (χ0) is 17.3. The van der Waals surface area contributed by atoms with Crippen LogP contribution in [-0.4, -0.2) is 21.8 Å². The molecule has 0 unspecified atom stereocenters. The minimum absolute atomic E-state index is 0.0213. The number of anilines is 1. The van der Waals surface area contributed by atoms with Crippen LogP contribution < -0.4 is 5.73 Å². The number of nitrogens with zero attached hydrogens (tertiary/aromatic N) is 2. The van der Waals surface area contributed by atoms with Gasteiger partial charge in [0.1, 0.15) is 11.5 Å². The van der Waals surface area contributed by atoms with Crippen molar-refractivity contribution in [3.8, 4) is 0 Å². The Hall–Kier alpha value is -2.96. The number of amides is 1. The zero-order valence-electron chi connectivity index (χ0n) is 12.8. The molecular weight excluding hydrogens is 313 g/mol. The number of benzene rings is 2. The van der Waals surface area contributed by atoms with E-state index in [9.17, 15) is 19.3 Å². The molecule has 1 amide bonds. The van der Waals surface area contributed by atoms with Gasteiger partial charge in [0.15, 0.2) is 0 Å². The van der Waals surface area contributed by atoms with Crippen molar-refractivity contribution < 1.29 is 14.1 Å². The van der Waals surface area contributed by atoms with E-state index in [4.69, 9.17) is 5.73 Å². The summed E-state index contributed by atoms with van der Waals surface area (Å²) in [6.07, 6.45) is 1.79. The van der Waals surface area contributed by atoms with Gasteiger partial charge >= 0.3 is 0 Å². The van der Waals surface area contributed by atoms with E-state index in [1.165, 1.54) is 30.3 Å². The Bertz CT molecular complexity index is 788. The van der Waals surface area contributed by atoms with Crippen molar-refractivity contribution in [2.24, 2.45) is 0 Å². The quantitative estimate of drug-likeness (QED) is 0.518. The summed E-state index contributed by atoms with van der Waals surface area (Å²) >= 11 is 0. The number of nitro benzene ring substituents is 1. The first-order valence-electron chi connectivity index (χ1n) is 7.55. The standard InChI is InChI=1S/C17H16FN3O3/c18-13-4-1-11(2-5-13)10-20(14-6-7-14)17(22)12-3-8-15(19)16(9-12)21(23)24/h1-5,8-9,14H,6-7,10,19H2. The maximum Gasteiger partial charge on any atom is 0.292 e. The number of nitrogens with two attached hydrogens (primary N) is 1. The van der Waals surface area contributed by atoms with E-state index in [0.29, 0.717) is 6.54 Å². The number of nitro groups is 1. The van der Waals surface area contributed by atoms with Crippen molar-refractivity contribution in [3.05, 3.63) is 69.5 Å². The molecule has 1 saturated carbocycles. The fourth-order valence-electron chi connectivity index (χ4n) is 2.54. The highest BCUT2D eigenvalue weighted by Gasteiger charge is 2.33. The monoisotopic (exact) mass is 329 g/mol. The number of hydrogen-bond acceptors (Lipinski definition) is 4. The lowest BCUT2D eigenvalue weighted by Gasteiger charge is -2.22. The second-order valence-corrected chi connectivity index (χ2v) is 5.82. The molecule has 0 aromatic heterocycles. The summed E-state index contributed by atoms with van der Waals surface area (Å²) in [7, 11) is 0. The lowest BCUT2D eigenvalue weighted by Crippen LogP contribution is -2.32. The average molecular weight is 329 g/mol. The molecule has 1 aliphatic rings. The Morgan fingerprint density at radius 3 is 2.50 bits per heavy atom. The maximum absolute atomic E-state index is 13.0. The predicted octanol–water partition coefficient (Wildman–Crippen LogP) is 3.12. The van der Waals surface area contributed by atoms with Gasteiger partial charge in [0.05, 0.1) is 4.92 Å². The van der Waals surface area contributed by atoms with Gasteiger partial charge in [-0.05, 0) is 42.7 Å². The zero-order valence-corrected chi connectivity index (χ0v) is 12.8. The van der Waals surface area contributed by atoms with Crippen molar-refractivity contribution in [1.82, 2.24) is 4.90 Å². The van der Waals surface area contributed by atoms with E-state index < -0.39 is 4.92 Å². The molecule has 6 nitrogen and oxygen atoms in total. The van der Waals surface area contributed by atoms with Crippen LogP contribution in [-0.2, 0) is 6.54 Å². The minimum atomic E-state index is -0.604. The van der Waals surface area contributed by atoms with Crippen molar-refractivity contribution in [3.63, 3.8) is 0 Å². The fourth-order valence-corrected chi connectivity index (χ4v) is 2.54. The van der Waals surface area contributed by atoms with Crippen molar-refractivity contribution in [1.29, 1.82) is 0 Å². The SMILES string of the molecule is Nc1ccc(C(=O)N(Cc2ccc(F)cc2)C2CC2)cc1[N+](=O)[O-]. The number of rotatable bonds is 5. The molecule has 0 bridgehead atoms. The third-order valence-corrected chi connectivity index (χ3v) is 3.99. The van der Waals surface area contributed by atoms with Crippen LogP contribution in [0.1, 0.15) is 28.8 Å². The topological polar surface area (TPSA) is 89.5 Å². The van der Waals surface area contributed by atoms with Crippen LogP contribution in [0.25, 0.3) is 0 Å². The van der Waals surface area contributed by atoms with Gasteiger partial charge in [-0.3, -0.25) is 14.9 Å². The van der Waals surface area contributed by atoms with E-state index in [-0.39, 0.29) is 34.7 Å². The first-order valence-corrected chi connectivity index (χ1v) is 7.55. The normalized spacial score (nSPS) is 13.5. The van der Waals surface area contributed by atoms with Gasteiger partial charge < -0.3 is 10.6 Å². The Morgan fingerprint density at radius 1 is 1.25 bits per heavy atom. The van der Waals surface area contributed by atoms with Crippen LogP contribution in [0.3, 0.4) is 0 Å². The van der Waals surface area contributed by atoms with Gasteiger partial charge in [0.25, 0.3) is 11.6 Å². The summed E-state index contributed by atoms with van der Waals surface area (Å²) in [6, 6.07) is 10.1. The molecule has 24 heavy (non-hydrogen) atoms. The third kappa shape index (κ3) is 3.34. The number of hydrogen-bond donors (Lipinski definition) is 1. The molecule has 0 atom stereocenters. The molecule has 2 aromatic rings.